The average molecular weight is 297 g/mol. The number of nitrogens with zero attached hydrogens (tertiary/aromatic N) is 2. The number of aryl methyl sites for hydroxylation is 3. The van der Waals surface area contributed by atoms with E-state index in [0.29, 0.717) is 12.3 Å². The number of carbonyl (C=O) groups excluding carboxylic acids is 1. The van der Waals surface area contributed by atoms with Crippen molar-refractivity contribution in [1.82, 2.24) is 14.9 Å². The second-order valence-electron chi connectivity index (χ2n) is 5.32. The van der Waals surface area contributed by atoms with Crippen LogP contribution < -0.4 is 5.32 Å². The number of hydrogen-bond donors (Lipinski definition) is 1. The first kappa shape index (κ1) is 14.4. The fourth-order valence-electron chi connectivity index (χ4n) is 2.56. The molecule has 0 aliphatic carbocycles. The van der Waals surface area contributed by atoms with Crippen LogP contribution in [0.1, 0.15) is 28.6 Å². The van der Waals surface area contributed by atoms with Gasteiger partial charge in [-0.05, 0) is 44.5 Å². The van der Waals surface area contributed by atoms with Crippen LogP contribution in [0, 0.1) is 13.8 Å². The van der Waals surface area contributed by atoms with Crippen LogP contribution in [0.2, 0.25) is 0 Å². The maximum atomic E-state index is 11.9. The molecule has 0 saturated heterocycles. The molecule has 2 aromatic heterocycles. The molecule has 0 atom stereocenters. The van der Waals surface area contributed by atoms with E-state index in [2.05, 4.69) is 20.9 Å². The van der Waals surface area contributed by atoms with Crippen molar-refractivity contribution in [3.05, 3.63) is 53.7 Å². The molecule has 0 aliphatic heterocycles. The highest BCUT2D eigenvalue weighted by Gasteiger charge is 2.09. The highest BCUT2D eigenvalue weighted by Crippen LogP contribution is 2.15. The number of hydrogen-bond acceptors (Lipinski definition) is 3. The van der Waals surface area contributed by atoms with Crippen LogP contribution in [0.25, 0.3) is 11.0 Å². The molecule has 1 amide bonds. The molecule has 1 aromatic carbocycles. The molecular formula is C17H19N3O2. The normalized spacial score (nSPS) is 11.0. The van der Waals surface area contributed by atoms with Gasteiger partial charge in [0.2, 0.25) is 0 Å². The van der Waals surface area contributed by atoms with Gasteiger partial charge in [-0.3, -0.25) is 4.79 Å². The maximum absolute atomic E-state index is 11.9. The molecule has 114 valence electrons. The monoisotopic (exact) mass is 297 g/mol. The SMILES string of the molecule is Cc1ccc(C(=O)NCCCn2c(C)nc3ccccc32)o1. The van der Waals surface area contributed by atoms with E-state index < -0.39 is 0 Å². The number of nitrogens with one attached hydrogen (secondary N) is 1. The Bertz CT molecular complexity index is 801. The lowest BCUT2D eigenvalue weighted by Crippen LogP contribution is -2.24. The summed E-state index contributed by atoms with van der Waals surface area (Å²) in [4.78, 5) is 16.4. The van der Waals surface area contributed by atoms with Crippen molar-refractivity contribution in [1.29, 1.82) is 0 Å². The number of furan rings is 1. The van der Waals surface area contributed by atoms with Crippen molar-refractivity contribution in [2.24, 2.45) is 0 Å². The number of aromatic nitrogens is 2. The molecule has 5 nitrogen and oxygen atoms in total. The molecule has 2 heterocycles. The summed E-state index contributed by atoms with van der Waals surface area (Å²) in [6.45, 7) is 5.25. The van der Waals surface area contributed by atoms with Crippen LogP contribution in [0.15, 0.2) is 40.8 Å². The van der Waals surface area contributed by atoms with Crippen LogP contribution in [0.4, 0.5) is 0 Å². The van der Waals surface area contributed by atoms with Gasteiger partial charge in [0, 0.05) is 13.1 Å². The van der Waals surface area contributed by atoms with E-state index in [1.165, 1.54) is 0 Å². The van der Waals surface area contributed by atoms with Crippen LogP contribution >= 0.6 is 0 Å². The molecule has 0 spiro atoms. The fourth-order valence-corrected chi connectivity index (χ4v) is 2.56. The van der Waals surface area contributed by atoms with E-state index >= 15 is 0 Å². The van der Waals surface area contributed by atoms with Gasteiger partial charge in [0.15, 0.2) is 5.76 Å². The van der Waals surface area contributed by atoms with Gasteiger partial charge in [-0.15, -0.1) is 0 Å². The van der Waals surface area contributed by atoms with Crippen molar-refractivity contribution >= 4 is 16.9 Å². The third kappa shape index (κ3) is 2.88. The zero-order valence-electron chi connectivity index (χ0n) is 12.8. The van der Waals surface area contributed by atoms with Gasteiger partial charge in [0.1, 0.15) is 11.6 Å². The minimum absolute atomic E-state index is 0.166. The first-order valence-electron chi connectivity index (χ1n) is 7.41. The first-order valence-corrected chi connectivity index (χ1v) is 7.41. The predicted octanol–water partition coefficient (Wildman–Crippen LogP) is 3.07. The van der Waals surface area contributed by atoms with Gasteiger partial charge >= 0.3 is 0 Å². The van der Waals surface area contributed by atoms with E-state index in [1.807, 2.05) is 32.0 Å². The highest BCUT2D eigenvalue weighted by molar-refractivity contribution is 5.91. The number of amides is 1. The molecule has 0 unspecified atom stereocenters. The molecule has 0 radical (unpaired) electrons. The third-order valence-corrected chi connectivity index (χ3v) is 3.65. The standard InChI is InChI=1S/C17H19N3O2/c1-12-8-9-16(22-12)17(21)18-10-5-11-20-13(2)19-14-6-3-4-7-15(14)20/h3-4,6-9H,5,10-11H2,1-2H3,(H,18,21). The van der Waals surface area contributed by atoms with E-state index in [9.17, 15) is 4.79 Å². The summed E-state index contributed by atoms with van der Waals surface area (Å²) < 4.78 is 7.48. The van der Waals surface area contributed by atoms with Gasteiger partial charge < -0.3 is 14.3 Å². The highest BCUT2D eigenvalue weighted by atomic mass is 16.3. The van der Waals surface area contributed by atoms with E-state index in [1.54, 1.807) is 12.1 Å². The second kappa shape index (κ2) is 6.05. The maximum Gasteiger partial charge on any atom is 0.286 e. The summed E-state index contributed by atoms with van der Waals surface area (Å²) >= 11 is 0. The van der Waals surface area contributed by atoms with Gasteiger partial charge in [0.05, 0.1) is 11.0 Å². The van der Waals surface area contributed by atoms with Crippen molar-refractivity contribution in [3.63, 3.8) is 0 Å². The predicted molar refractivity (Wildman–Crippen MR) is 84.9 cm³/mol. The zero-order valence-corrected chi connectivity index (χ0v) is 12.8. The molecule has 3 rings (SSSR count). The number of imidazole rings is 1. The number of benzene rings is 1. The lowest BCUT2D eigenvalue weighted by atomic mass is 10.3. The van der Waals surface area contributed by atoms with Gasteiger partial charge in [-0.2, -0.15) is 0 Å². The number of carbonyl (C=O) groups is 1. The first-order chi connectivity index (χ1) is 10.6. The second-order valence-corrected chi connectivity index (χ2v) is 5.32. The third-order valence-electron chi connectivity index (χ3n) is 3.65. The number of para-hydroxylation sites is 2. The van der Waals surface area contributed by atoms with Crippen LogP contribution in [-0.2, 0) is 6.54 Å². The smallest absolute Gasteiger partial charge is 0.286 e. The summed E-state index contributed by atoms with van der Waals surface area (Å²) in [5.41, 5.74) is 2.14. The minimum atomic E-state index is -0.166. The van der Waals surface area contributed by atoms with Gasteiger partial charge in [-0.1, -0.05) is 12.1 Å². The molecule has 0 fully saturated rings. The lowest BCUT2D eigenvalue weighted by molar-refractivity contribution is 0.0924. The Labute approximate surface area is 129 Å². The van der Waals surface area contributed by atoms with Gasteiger partial charge in [-0.25, -0.2) is 4.98 Å². The summed E-state index contributed by atoms with van der Waals surface area (Å²) in [6, 6.07) is 11.6. The van der Waals surface area contributed by atoms with Crippen molar-refractivity contribution in [3.8, 4) is 0 Å². The van der Waals surface area contributed by atoms with Crippen molar-refractivity contribution in [2.75, 3.05) is 6.54 Å². The Kier molecular flexibility index (Phi) is 3.96. The fraction of sp³-hybridized carbons (Fsp3) is 0.294. The van der Waals surface area contributed by atoms with Crippen LogP contribution in [0.3, 0.4) is 0 Å². The topological polar surface area (TPSA) is 60.1 Å². The minimum Gasteiger partial charge on any atom is -0.456 e. The summed E-state index contributed by atoms with van der Waals surface area (Å²) in [5.74, 6) is 1.93. The Balaban J connectivity index is 1.56. The molecule has 0 aliphatic rings. The summed E-state index contributed by atoms with van der Waals surface area (Å²) in [6.07, 6.45) is 0.840. The quantitative estimate of drug-likeness (QED) is 0.736. The number of fused-ring (bicyclic) bond motifs is 1. The molecule has 5 heteroatoms. The summed E-state index contributed by atoms with van der Waals surface area (Å²) in [5, 5.41) is 2.88. The Hall–Kier alpha value is -2.56. The Morgan fingerprint density at radius 1 is 1.23 bits per heavy atom. The zero-order chi connectivity index (χ0) is 15.5. The Morgan fingerprint density at radius 3 is 2.82 bits per heavy atom. The molecule has 0 bridgehead atoms. The molecular weight excluding hydrogens is 278 g/mol. The average Bonchev–Trinajstić information content (AvgIpc) is 3.07. The molecule has 3 aromatic rings. The van der Waals surface area contributed by atoms with Crippen molar-refractivity contribution in [2.45, 2.75) is 26.8 Å². The van der Waals surface area contributed by atoms with Gasteiger partial charge in [0.25, 0.3) is 5.91 Å². The molecule has 1 N–H and O–H groups in total. The van der Waals surface area contributed by atoms with E-state index in [0.717, 1.165) is 35.6 Å². The largest absolute Gasteiger partial charge is 0.456 e. The van der Waals surface area contributed by atoms with Crippen molar-refractivity contribution < 1.29 is 9.21 Å². The number of rotatable bonds is 5. The molecule has 0 saturated carbocycles. The van der Waals surface area contributed by atoms with Crippen LogP contribution in [0.5, 0.6) is 0 Å². The lowest BCUT2D eigenvalue weighted by Gasteiger charge is -2.07. The molecule has 22 heavy (non-hydrogen) atoms. The summed E-state index contributed by atoms with van der Waals surface area (Å²) in [7, 11) is 0. The Morgan fingerprint density at radius 2 is 2.05 bits per heavy atom. The van der Waals surface area contributed by atoms with Crippen LogP contribution in [-0.4, -0.2) is 22.0 Å². The van der Waals surface area contributed by atoms with E-state index in [4.69, 9.17) is 4.42 Å². The van der Waals surface area contributed by atoms with E-state index in [-0.39, 0.29) is 5.91 Å².